The van der Waals surface area contributed by atoms with Gasteiger partial charge in [-0.05, 0) is 67.1 Å². The van der Waals surface area contributed by atoms with Crippen molar-refractivity contribution in [2.24, 2.45) is 5.73 Å². The van der Waals surface area contributed by atoms with E-state index in [1.165, 1.54) is 0 Å². The van der Waals surface area contributed by atoms with E-state index in [0.717, 1.165) is 58.0 Å². The van der Waals surface area contributed by atoms with Gasteiger partial charge < -0.3 is 20.9 Å². The molecule has 0 spiro atoms. The molecule has 0 radical (unpaired) electrons. The van der Waals surface area contributed by atoms with Gasteiger partial charge in [-0.25, -0.2) is 0 Å². The number of anilines is 1. The SMILES string of the molecule is COc1ccccc1Sc1ccccc1-c1ccc(C(N)=O)c(NC2CCC(O)CC2)c1. The number of rotatable bonds is 7. The van der Waals surface area contributed by atoms with Gasteiger partial charge in [-0.1, -0.05) is 48.2 Å². The van der Waals surface area contributed by atoms with Crippen LogP contribution in [0.15, 0.2) is 76.5 Å². The van der Waals surface area contributed by atoms with Crippen molar-refractivity contribution < 1.29 is 14.6 Å². The molecule has 0 saturated heterocycles. The number of primary amides is 1. The Balaban J connectivity index is 1.67. The molecule has 3 aromatic rings. The third-order valence-corrected chi connectivity index (χ3v) is 6.96. The molecule has 1 amide bonds. The first-order valence-corrected chi connectivity index (χ1v) is 11.7. The van der Waals surface area contributed by atoms with E-state index in [9.17, 15) is 9.90 Å². The predicted molar refractivity (Wildman–Crippen MR) is 129 cm³/mol. The minimum atomic E-state index is -0.452. The van der Waals surface area contributed by atoms with Crippen molar-refractivity contribution in [1.82, 2.24) is 0 Å². The summed E-state index contributed by atoms with van der Waals surface area (Å²) in [7, 11) is 1.68. The molecule has 6 heteroatoms. The monoisotopic (exact) mass is 448 g/mol. The summed E-state index contributed by atoms with van der Waals surface area (Å²) in [5.41, 5.74) is 8.96. The van der Waals surface area contributed by atoms with Gasteiger partial charge in [0.1, 0.15) is 5.75 Å². The fraction of sp³-hybridized carbons (Fsp3) is 0.269. The number of carbonyl (C=O) groups excluding carboxylic acids is 1. The molecule has 1 aliphatic rings. The molecule has 0 aromatic heterocycles. The summed E-state index contributed by atoms with van der Waals surface area (Å²) in [6.45, 7) is 0. The van der Waals surface area contributed by atoms with Gasteiger partial charge in [0.15, 0.2) is 0 Å². The molecule has 0 unspecified atom stereocenters. The van der Waals surface area contributed by atoms with E-state index in [1.54, 1.807) is 24.9 Å². The van der Waals surface area contributed by atoms with Crippen LogP contribution in [0.25, 0.3) is 11.1 Å². The summed E-state index contributed by atoms with van der Waals surface area (Å²) in [5.74, 6) is 0.379. The maximum Gasteiger partial charge on any atom is 0.250 e. The Morgan fingerprint density at radius 1 is 1.00 bits per heavy atom. The van der Waals surface area contributed by atoms with Gasteiger partial charge in [0.2, 0.25) is 0 Å². The highest BCUT2D eigenvalue weighted by molar-refractivity contribution is 7.99. The minimum absolute atomic E-state index is 0.213. The first-order chi connectivity index (χ1) is 15.5. The number of amides is 1. The number of carbonyl (C=O) groups is 1. The first kappa shape index (κ1) is 22.2. The second-order valence-corrected chi connectivity index (χ2v) is 9.11. The third kappa shape index (κ3) is 5.09. The van der Waals surface area contributed by atoms with Crippen LogP contribution in [0.1, 0.15) is 36.0 Å². The van der Waals surface area contributed by atoms with Gasteiger partial charge in [-0.15, -0.1) is 0 Å². The Bertz CT molecular complexity index is 1090. The Labute approximate surface area is 193 Å². The number of hydrogen-bond donors (Lipinski definition) is 3. The second-order valence-electron chi connectivity index (χ2n) is 8.02. The lowest BCUT2D eigenvalue weighted by Crippen LogP contribution is -2.29. The molecule has 32 heavy (non-hydrogen) atoms. The first-order valence-electron chi connectivity index (χ1n) is 10.8. The van der Waals surface area contributed by atoms with Crippen molar-refractivity contribution in [2.45, 2.75) is 47.6 Å². The Hall–Kier alpha value is -2.96. The summed E-state index contributed by atoms with van der Waals surface area (Å²) < 4.78 is 5.52. The highest BCUT2D eigenvalue weighted by atomic mass is 32.2. The molecule has 1 saturated carbocycles. The fourth-order valence-corrected chi connectivity index (χ4v) is 5.18. The van der Waals surface area contributed by atoms with Crippen molar-refractivity contribution in [2.75, 3.05) is 12.4 Å². The smallest absolute Gasteiger partial charge is 0.250 e. The number of aliphatic hydroxyl groups excluding tert-OH is 1. The molecule has 0 bridgehead atoms. The van der Waals surface area contributed by atoms with Crippen molar-refractivity contribution in [3.63, 3.8) is 0 Å². The number of nitrogens with one attached hydrogen (secondary N) is 1. The number of aliphatic hydroxyl groups is 1. The maximum atomic E-state index is 12.1. The maximum absolute atomic E-state index is 12.1. The Kier molecular flexibility index (Phi) is 7.02. The number of benzene rings is 3. The van der Waals surface area contributed by atoms with Gasteiger partial charge in [0.05, 0.1) is 23.7 Å². The summed E-state index contributed by atoms with van der Waals surface area (Å²) in [6, 6.07) is 22.1. The number of ether oxygens (including phenoxy) is 1. The highest BCUT2D eigenvalue weighted by Gasteiger charge is 2.21. The standard InChI is InChI=1S/C26H28N2O3S/c1-31-23-7-3-5-9-25(23)32-24-8-4-2-6-20(24)17-10-15-21(26(27)30)22(16-17)28-18-11-13-19(29)14-12-18/h2-10,15-16,18-19,28-29H,11-14H2,1H3,(H2,27,30). The van der Waals surface area contributed by atoms with Crippen LogP contribution in [-0.4, -0.2) is 30.3 Å². The number of hydrogen-bond acceptors (Lipinski definition) is 5. The minimum Gasteiger partial charge on any atom is -0.496 e. The zero-order valence-electron chi connectivity index (χ0n) is 18.1. The Morgan fingerprint density at radius 3 is 2.41 bits per heavy atom. The molecular weight excluding hydrogens is 420 g/mol. The molecule has 166 valence electrons. The van der Waals surface area contributed by atoms with Crippen LogP contribution in [0, 0.1) is 0 Å². The largest absolute Gasteiger partial charge is 0.496 e. The van der Waals surface area contributed by atoms with Crippen molar-refractivity contribution in [1.29, 1.82) is 0 Å². The zero-order chi connectivity index (χ0) is 22.5. The lowest BCUT2D eigenvalue weighted by Gasteiger charge is -2.28. The molecule has 4 N–H and O–H groups in total. The number of methoxy groups -OCH3 is 1. The van der Waals surface area contributed by atoms with Gasteiger partial charge in [0, 0.05) is 16.6 Å². The molecule has 4 rings (SSSR count). The average molecular weight is 449 g/mol. The van der Waals surface area contributed by atoms with Crippen LogP contribution in [0.4, 0.5) is 5.69 Å². The summed E-state index contributed by atoms with van der Waals surface area (Å²) >= 11 is 1.65. The van der Waals surface area contributed by atoms with Gasteiger partial charge in [-0.2, -0.15) is 0 Å². The van der Waals surface area contributed by atoms with E-state index in [1.807, 2.05) is 48.5 Å². The molecule has 0 atom stereocenters. The predicted octanol–water partition coefficient (Wildman–Crippen LogP) is 5.33. The van der Waals surface area contributed by atoms with E-state index < -0.39 is 5.91 Å². The van der Waals surface area contributed by atoms with Crippen molar-refractivity contribution >= 4 is 23.4 Å². The average Bonchev–Trinajstić information content (AvgIpc) is 2.81. The second kappa shape index (κ2) is 10.1. The molecule has 0 heterocycles. The van der Waals surface area contributed by atoms with Crippen LogP contribution >= 0.6 is 11.8 Å². The number of nitrogens with two attached hydrogens (primary N) is 1. The van der Waals surface area contributed by atoms with Crippen LogP contribution < -0.4 is 15.8 Å². The van der Waals surface area contributed by atoms with Crippen LogP contribution in [-0.2, 0) is 0 Å². The third-order valence-electron chi connectivity index (χ3n) is 5.83. The highest BCUT2D eigenvalue weighted by Crippen LogP contribution is 2.40. The summed E-state index contributed by atoms with van der Waals surface area (Å²) in [4.78, 5) is 14.2. The van der Waals surface area contributed by atoms with Crippen molar-refractivity contribution in [3.05, 3.63) is 72.3 Å². The van der Waals surface area contributed by atoms with E-state index in [2.05, 4.69) is 17.4 Å². The molecule has 0 aliphatic heterocycles. The van der Waals surface area contributed by atoms with E-state index >= 15 is 0 Å². The molecular formula is C26H28N2O3S. The topological polar surface area (TPSA) is 84.6 Å². The molecule has 3 aromatic carbocycles. The zero-order valence-corrected chi connectivity index (χ0v) is 18.9. The van der Waals surface area contributed by atoms with Crippen LogP contribution in [0.2, 0.25) is 0 Å². The summed E-state index contributed by atoms with van der Waals surface area (Å²) in [5, 5.41) is 13.3. The van der Waals surface area contributed by atoms with Gasteiger partial charge in [0.25, 0.3) is 5.91 Å². The van der Waals surface area contributed by atoms with Gasteiger partial charge >= 0.3 is 0 Å². The normalized spacial score (nSPS) is 18.2. The van der Waals surface area contributed by atoms with E-state index in [-0.39, 0.29) is 12.1 Å². The van der Waals surface area contributed by atoms with Crippen LogP contribution in [0.3, 0.4) is 0 Å². The molecule has 1 fully saturated rings. The van der Waals surface area contributed by atoms with E-state index in [4.69, 9.17) is 10.5 Å². The number of para-hydroxylation sites is 1. The molecule has 5 nitrogen and oxygen atoms in total. The quantitative estimate of drug-likeness (QED) is 0.455. The summed E-state index contributed by atoms with van der Waals surface area (Å²) in [6.07, 6.45) is 3.03. The lowest BCUT2D eigenvalue weighted by molar-refractivity contribution is 0.100. The molecule has 1 aliphatic carbocycles. The van der Waals surface area contributed by atoms with Crippen molar-refractivity contribution in [3.8, 4) is 16.9 Å². The Morgan fingerprint density at radius 2 is 1.69 bits per heavy atom. The van der Waals surface area contributed by atoms with Crippen LogP contribution in [0.5, 0.6) is 5.75 Å². The van der Waals surface area contributed by atoms with Gasteiger partial charge in [-0.3, -0.25) is 4.79 Å². The fourth-order valence-electron chi connectivity index (χ4n) is 4.10. The van der Waals surface area contributed by atoms with E-state index in [0.29, 0.717) is 5.56 Å². The lowest BCUT2D eigenvalue weighted by atomic mass is 9.92.